The second-order valence-corrected chi connectivity index (χ2v) is 8.12. The van der Waals surface area contributed by atoms with Gasteiger partial charge in [-0.25, -0.2) is 0 Å². The minimum absolute atomic E-state index is 0.000792. The zero-order valence-corrected chi connectivity index (χ0v) is 18.9. The van der Waals surface area contributed by atoms with Crippen molar-refractivity contribution >= 4 is 39.2 Å². The second kappa shape index (κ2) is 9.94. The first-order chi connectivity index (χ1) is 17.2. The maximum Gasteiger partial charge on any atom is 0.266 e. The molecular weight excluding hydrogens is 432 g/mol. The number of amides is 1. The van der Waals surface area contributed by atoms with Crippen molar-refractivity contribution in [2.75, 3.05) is 5.32 Å². The normalized spacial score (nSPS) is 11.2. The van der Waals surface area contributed by atoms with E-state index in [-0.39, 0.29) is 5.57 Å². The topological polar surface area (TPSA) is 62.1 Å². The first-order valence-corrected chi connectivity index (χ1v) is 11.3. The summed E-state index contributed by atoms with van der Waals surface area (Å²) in [6, 6.07) is 37.2. The molecular formula is C31H22N2O2. The fraction of sp³-hybridized carbons (Fsp3) is 0.0323. The van der Waals surface area contributed by atoms with E-state index in [1.165, 1.54) is 0 Å². The summed E-state index contributed by atoms with van der Waals surface area (Å²) in [6.07, 6.45) is 1.57. The van der Waals surface area contributed by atoms with Crippen LogP contribution in [0.1, 0.15) is 11.1 Å². The maximum absolute atomic E-state index is 13.0. The molecule has 0 aliphatic rings. The van der Waals surface area contributed by atoms with Crippen molar-refractivity contribution in [3.63, 3.8) is 0 Å². The average molecular weight is 455 g/mol. The van der Waals surface area contributed by atoms with Crippen LogP contribution in [0, 0.1) is 11.3 Å². The summed E-state index contributed by atoms with van der Waals surface area (Å²) in [7, 11) is 0. The quantitative estimate of drug-likeness (QED) is 0.219. The molecule has 0 unspecified atom stereocenters. The first kappa shape index (κ1) is 21.9. The number of ether oxygens (including phenoxy) is 1. The van der Waals surface area contributed by atoms with Crippen LogP contribution in [0.2, 0.25) is 0 Å². The van der Waals surface area contributed by atoms with Crippen molar-refractivity contribution in [1.82, 2.24) is 0 Å². The van der Waals surface area contributed by atoms with Crippen LogP contribution in [-0.4, -0.2) is 5.91 Å². The highest BCUT2D eigenvalue weighted by molar-refractivity contribution is 6.13. The first-order valence-electron chi connectivity index (χ1n) is 11.3. The van der Waals surface area contributed by atoms with Crippen molar-refractivity contribution in [2.45, 2.75) is 6.61 Å². The van der Waals surface area contributed by atoms with Crippen molar-refractivity contribution in [2.24, 2.45) is 0 Å². The molecule has 0 saturated heterocycles. The standard InChI is InChI=1S/C31H22N2O2/c32-20-26(31(34)33-29-17-8-13-23-10-2-5-16-28(23)29)19-24-11-3-6-18-30(24)35-21-25-14-7-12-22-9-1-4-15-27(22)25/h1-19H,21H2,(H,33,34)/b26-19+. The highest BCUT2D eigenvalue weighted by atomic mass is 16.5. The Labute approximate surface area is 203 Å². The number of nitrogens with zero attached hydrogens (tertiary/aromatic N) is 1. The van der Waals surface area contributed by atoms with Crippen molar-refractivity contribution in [3.05, 3.63) is 126 Å². The van der Waals surface area contributed by atoms with Crippen molar-refractivity contribution in [3.8, 4) is 11.8 Å². The third kappa shape index (κ3) is 4.75. The lowest BCUT2D eigenvalue weighted by molar-refractivity contribution is -0.112. The molecule has 0 fully saturated rings. The number of fused-ring (bicyclic) bond motifs is 2. The van der Waals surface area contributed by atoms with Gasteiger partial charge in [0.05, 0.1) is 0 Å². The summed E-state index contributed by atoms with van der Waals surface area (Å²) in [6.45, 7) is 0.371. The molecule has 0 atom stereocenters. The molecule has 0 bridgehead atoms. The van der Waals surface area contributed by atoms with Crippen molar-refractivity contribution < 1.29 is 9.53 Å². The van der Waals surface area contributed by atoms with Crippen LogP contribution >= 0.6 is 0 Å². The number of carbonyl (C=O) groups is 1. The molecule has 0 radical (unpaired) electrons. The van der Waals surface area contributed by atoms with Gasteiger partial charge in [0.15, 0.2) is 0 Å². The van der Waals surface area contributed by atoms with Crippen LogP contribution in [0.3, 0.4) is 0 Å². The molecule has 0 saturated carbocycles. The predicted octanol–water partition coefficient (Wildman–Crippen LogP) is 7.12. The molecule has 0 heterocycles. The lowest BCUT2D eigenvalue weighted by atomic mass is 10.1. The van der Waals surface area contributed by atoms with Gasteiger partial charge in [-0.15, -0.1) is 0 Å². The number of nitriles is 1. The fourth-order valence-corrected chi connectivity index (χ4v) is 4.13. The summed E-state index contributed by atoms with van der Waals surface area (Å²) in [4.78, 5) is 13.0. The molecule has 4 nitrogen and oxygen atoms in total. The average Bonchev–Trinajstić information content (AvgIpc) is 2.91. The Bertz CT molecular complexity index is 1600. The van der Waals surface area contributed by atoms with Gasteiger partial charge < -0.3 is 10.1 Å². The number of hydrogen-bond donors (Lipinski definition) is 1. The molecule has 35 heavy (non-hydrogen) atoms. The summed E-state index contributed by atoms with van der Waals surface area (Å²) in [5.74, 6) is 0.138. The van der Waals surface area contributed by atoms with Crippen LogP contribution in [0.5, 0.6) is 5.75 Å². The Balaban J connectivity index is 1.39. The summed E-state index contributed by atoms with van der Waals surface area (Å²) >= 11 is 0. The molecule has 5 aromatic rings. The molecule has 1 N–H and O–H groups in total. The number of anilines is 1. The number of carbonyl (C=O) groups excluding carboxylic acids is 1. The Kier molecular flexibility index (Phi) is 6.23. The van der Waals surface area contributed by atoms with E-state index in [4.69, 9.17) is 4.74 Å². The summed E-state index contributed by atoms with van der Waals surface area (Å²) in [5.41, 5.74) is 2.39. The lowest BCUT2D eigenvalue weighted by Crippen LogP contribution is -2.13. The van der Waals surface area contributed by atoms with E-state index >= 15 is 0 Å². The summed E-state index contributed by atoms with van der Waals surface area (Å²) in [5, 5.41) is 16.8. The molecule has 5 aromatic carbocycles. The van der Waals surface area contributed by atoms with Gasteiger partial charge in [-0.3, -0.25) is 4.79 Å². The van der Waals surface area contributed by atoms with E-state index in [1.54, 1.807) is 6.08 Å². The molecule has 168 valence electrons. The lowest BCUT2D eigenvalue weighted by Gasteiger charge is -2.12. The minimum Gasteiger partial charge on any atom is -0.488 e. The molecule has 0 spiro atoms. The number of rotatable bonds is 6. The monoisotopic (exact) mass is 454 g/mol. The third-order valence-electron chi connectivity index (χ3n) is 5.88. The van der Waals surface area contributed by atoms with E-state index in [0.717, 1.165) is 27.1 Å². The van der Waals surface area contributed by atoms with Crippen LogP contribution in [0.4, 0.5) is 5.69 Å². The third-order valence-corrected chi connectivity index (χ3v) is 5.88. The van der Waals surface area contributed by atoms with E-state index in [0.29, 0.717) is 23.6 Å². The van der Waals surface area contributed by atoms with E-state index < -0.39 is 5.91 Å². The SMILES string of the molecule is N#C/C(=C\c1ccccc1OCc1cccc2ccccc12)C(=O)Nc1cccc2ccccc12. The van der Waals surface area contributed by atoms with Gasteiger partial charge in [0.1, 0.15) is 24.0 Å². The second-order valence-electron chi connectivity index (χ2n) is 8.12. The van der Waals surface area contributed by atoms with Gasteiger partial charge in [0, 0.05) is 16.6 Å². The number of para-hydroxylation sites is 1. The zero-order valence-electron chi connectivity index (χ0n) is 18.9. The van der Waals surface area contributed by atoms with Crippen LogP contribution in [-0.2, 0) is 11.4 Å². The minimum atomic E-state index is -0.465. The number of hydrogen-bond acceptors (Lipinski definition) is 3. The summed E-state index contributed by atoms with van der Waals surface area (Å²) < 4.78 is 6.15. The van der Waals surface area contributed by atoms with Crippen LogP contribution in [0.25, 0.3) is 27.6 Å². The maximum atomic E-state index is 13.0. The van der Waals surface area contributed by atoms with Crippen LogP contribution < -0.4 is 10.1 Å². The van der Waals surface area contributed by atoms with Gasteiger partial charge in [0.2, 0.25) is 0 Å². The fourth-order valence-electron chi connectivity index (χ4n) is 4.13. The van der Waals surface area contributed by atoms with E-state index in [2.05, 4.69) is 23.5 Å². The highest BCUT2D eigenvalue weighted by Crippen LogP contribution is 2.26. The Morgan fingerprint density at radius 1 is 0.771 bits per heavy atom. The van der Waals surface area contributed by atoms with Gasteiger partial charge in [-0.05, 0) is 39.9 Å². The van der Waals surface area contributed by atoms with Gasteiger partial charge in [-0.1, -0.05) is 97.1 Å². The smallest absolute Gasteiger partial charge is 0.266 e. The van der Waals surface area contributed by atoms with Gasteiger partial charge >= 0.3 is 0 Å². The molecule has 5 rings (SSSR count). The molecule has 1 amide bonds. The Morgan fingerprint density at radius 2 is 1.40 bits per heavy atom. The van der Waals surface area contributed by atoms with E-state index in [1.807, 2.05) is 97.1 Å². The van der Waals surface area contributed by atoms with Crippen molar-refractivity contribution in [1.29, 1.82) is 5.26 Å². The van der Waals surface area contributed by atoms with Crippen LogP contribution in [0.15, 0.2) is 115 Å². The van der Waals surface area contributed by atoms with Gasteiger partial charge in [-0.2, -0.15) is 5.26 Å². The van der Waals surface area contributed by atoms with Gasteiger partial charge in [0.25, 0.3) is 5.91 Å². The largest absolute Gasteiger partial charge is 0.488 e. The highest BCUT2D eigenvalue weighted by Gasteiger charge is 2.13. The number of nitrogens with one attached hydrogen (secondary N) is 1. The molecule has 0 aromatic heterocycles. The Hall–Kier alpha value is -4.88. The Morgan fingerprint density at radius 3 is 2.20 bits per heavy atom. The number of benzene rings is 5. The molecule has 0 aliphatic heterocycles. The van der Waals surface area contributed by atoms with E-state index in [9.17, 15) is 10.1 Å². The zero-order chi connectivity index (χ0) is 24.0. The molecule has 4 heteroatoms. The molecule has 0 aliphatic carbocycles. The predicted molar refractivity (Wildman–Crippen MR) is 141 cm³/mol.